The minimum absolute atomic E-state index is 0.00779. The quantitative estimate of drug-likeness (QED) is 0.264. The first kappa shape index (κ1) is 28.9. The van der Waals surface area contributed by atoms with Crippen LogP contribution in [0.15, 0.2) is 34.9 Å². The fourth-order valence-corrected chi connectivity index (χ4v) is 6.97. The Bertz CT molecular complexity index is 1070. The summed E-state index contributed by atoms with van der Waals surface area (Å²) >= 11 is 0. The molecule has 0 aromatic rings. The van der Waals surface area contributed by atoms with E-state index in [1.165, 1.54) is 0 Å². The molecule has 0 amide bonds. The number of ketones is 1. The van der Waals surface area contributed by atoms with Gasteiger partial charge < -0.3 is 14.2 Å². The molecule has 4 bridgehead atoms. The van der Waals surface area contributed by atoms with Crippen molar-refractivity contribution in [2.24, 2.45) is 34.5 Å². The van der Waals surface area contributed by atoms with E-state index in [-0.39, 0.29) is 42.5 Å². The minimum atomic E-state index is -0.844. The summed E-state index contributed by atoms with van der Waals surface area (Å²) in [7, 11) is 0. The number of allylic oxidation sites excluding steroid dienone is 3. The largest absolute Gasteiger partial charge is 0.462 e. The molecule has 7 nitrogen and oxygen atoms in total. The van der Waals surface area contributed by atoms with Crippen LogP contribution in [0, 0.1) is 34.5 Å². The maximum Gasteiger partial charge on any atom is 0.333 e. The maximum atomic E-state index is 13.5. The van der Waals surface area contributed by atoms with Crippen LogP contribution < -0.4 is 0 Å². The molecule has 8 unspecified atom stereocenters. The second-order valence-electron chi connectivity index (χ2n) is 11.6. The highest BCUT2D eigenvalue weighted by atomic mass is 16.6. The van der Waals surface area contributed by atoms with Gasteiger partial charge in [-0.25, -0.2) is 14.4 Å². The molecule has 0 heterocycles. The second kappa shape index (κ2) is 10.6. The zero-order valence-corrected chi connectivity index (χ0v) is 23.7. The lowest BCUT2D eigenvalue weighted by Gasteiger charge is -2.68. The number of fused-ring (bicyclic) bond motifs is 1. The molecule has 7 heteroatoms. The van der Waals surface area contributed by atoms with Crippen molar-refractivity contribution in [3.05, 3.63) is 34.9 Å². The third kappa shape index (κ3) is 4.70. The Morgan fingerprint density at radius 3 is 1.81 bits per heavy atom. The van der Waals surface area contributed by atoms with Gasteiger partial charge in [-0.05, 0) is 59.3 Å². The van der Waals surface area contributed by atoms with Crippen molar-refractivity contribution in [2.45, 2.75) is 87.4 Å². The lowest BCUT2D eigenvalue weighted by molar-refractivity contribution is -0.244. The number of hydrogen-bond acceptors (Lipinski definition) is 7. The summed E-state index contributed by atoms with van der Waals surface area (Å²) < 4.78 is 18.0. The van der Waals surface area contributed by atoms with Gasteiger partial charge in [0.05, 0.1) is 0 Å². The Morgan fingerprint density at radius 2 is 1.32 bits per heavy atom. The molecule has 0 aromatic carbocycles. The highest BCUT2D eigenvalue weighted by molar-refractivity contribution is 5.90. The number of ether oxygens (including phenoxy) is 3. The van der Waals surface area contributed by atoms with Crippen LogP contribution in [0.5, 0.6) is 0 Å². The Morgan fingerprint density at radius 1 is 0.838 bits per heavy atom. The summed E-state index contributed by atoms with van der Waals surface area (Å²) in [4.78, 5) is 52.1. The van der Waals surface area contributed by atoms with Crippen molar-refractivity contribution >= 4 is 23.7 Å². The van der Waals surface area contributed by atoms with Crippen molar-refractivity contribution in [3.63, 3.8) is 0 Å². The van der Waals surface area contributed by atoms with Gasteiger partial charge in [0, 0.05) is 46.3 Å². The predicted octanol–water partition coefficient (Wildman–Crippen LogP) is 5.14. The fourth-order valence-electron chi connectivity index (χ4n) is 6.97. The van der Waals surface area contributed by atoms with Gasteiger partial charge >= 0.3 is 17.9 Å². The fraction of sp³-hybridized carbons (Fsp3) is 0.667. The molecule has 3 saturated carbocycles. The van der Waals surface area contributed by atoms with Crippen LogP contribution in [0.4, 0.5) is 0 Å². The smallest absolute Gasteiger partial charge is 0.333 e. The first-order chi connectivity index (χ1) is 17.3. The van der Waals surface area contributed by atoms with Crippen LogP contribution in [0.2, 0.25) is 0 Å². The number of hydrogen-bond donors (Lipinski definition) is 0. The lowest BCUT2D eigenvalue weighted by atomic mass is 9.35. The zero-order valence-electron chi connectivity index (χ0n) is 23.7. The van der Waals surface area contributed by atoms with Crippen molar-refractivity contribution in [1.82, 2.24) is 0 Å². The van der Waals surface area contributed by atoms with E-state index >= 15 is 0 Å². The molecule has 3 aliphatic carbocycles. The summed E-state index contributed by atoms with van der Waals surface area (Å²) in [6.07, 6.45) is 4.39. The summed E-state index contributed by atoms with van der Waals surface area (Å²) in [5, 5.41) is 0. The van der Waals surface area contributed by atoms with E-state index in [9.17, 15) is 19.2 Å². The number of Topliss-reactive ketones (excluding diaryl/α,β-unsaturated/α-hetero) is 1. The SMILES string of the molecule is CC=C(C)C(=O)OCC1(C)C(OC(=O)C(C)=CC)CC(OC(=O)C(C)=CC)C2(C)C3C(=O)CC(C)C2C31. The highest BCUT2D eigenvalue weighted by Crippen LogP contribution is 2.73. The molecule has 0 saturated heterocycles. The number of carbonyl (C=O) groups is 4. The highest BCUT2D eigenvalue weighted by Gasteiger charge is 2.77. The zero-order chi connectivity index (χ0) is 27.9. The molecule has 8 atom stereocenters. The molecular weight excluding hydrogens is 472 g/mol. The van der Waals surface area contributed by atoms with Crippen molar-refractivity contribution in [2.75, 3.05) is 6.61 Å². The van der Waals surface area contributed by atoms with E-state index in [1.807, 2.05) is 13.8 Å². The molecule has 3 aliphatic rings. The van der Waals surface area contributed by atoms with Gasteiger partial charge in [-0.15, -0.1) is 0 Å². The van der Waals surface area contributed by atoms with Crippen molar-refractivity contribution in [3.8, 4) is 0 Å². The van der Waals surface area contributed by atoms with Gasteiger partial charge in [0.15, 0.2) is 0 Å². The Kier molecular flexibility index (Phi) is 8.25. The van der Waals surface area contributed by atoms with E-state index in [0.29, 0.717) is 23.1 Å². The van der Waals surface area contributed by atoms with E-state index in [0.717, 1.165) is 0 Å². The molecule has 3 rings (SSSR count). The van der Waals surface area contributed by atoms with Crippen LogP contribution in [0.25, 0.3) is 0 Å². The monoisotopic (exact) mass is 514 g/mol. The van der Waals surface area contributed by atoms with Gasteiger partial charge in [0.2, 0.25) is 0 Å². The predicted molar refractivity (Wildman–Crippen MR) is 139 cm³/mol. The molecule has 37 heavy (non-hydrogen) atoms. The number of rotatable bonds is 7. The standard InChI is InChI=1S/C30H42O7/c1-10-16(4)26(32)35-15-29(8)21(36-27(33)17(5)11-2)14-22(37-28(34)18(6)12-3)30(9)23-19(7)13-20(31)24(30)25(23)29/h10-12,19,21-25H,13-15H2,1-9H3. The molecule has 0 aliphatic heterocycles. The molecule has 0 aromatic heterocycles. The van der Waals surface area contributed by atoms with Crippen LogP contribution in [-0.2, 0) is 33.4 Å². The summed E-state index contributed by atoms with van der Waals surface area (Å²) in [6.45, 7) is 16.4. The summed E-state index contributed by atoms with van der Waals surface area (Å²) in [5.41, 5.74) is -0.0273. The van der Waals surface area contributed by atoms with E-state index < -0.39 is 40.9 Å². The van der Waals surface area contributed by atoms with E-state index in [1.54, 1.807) is 59.8 Å². The Labute approximate surface area is 220 Å². The minimum Gasteiger partial charge on any atom is -0.462 e. The summed E-state index contributed by atoms with van der Waals surface area (Å²) in [5.74, 6) is -1.70. The molecular formula is C30H42O7. The van der Waals surface area contributed by atoms with Crippen molar-refractivity contribution in [1.29, 1.82) is 0 Å². The molecule has 3 fully saturated rings. The average molecular weight is 515 g/mol. The van der Waals surface area contributed by atoms with Crippen LogP contribution in [0.3, 0.4) is 0 Å². The topological polar surface area (TPSA) is 96.0 Å². The first-order valence-electron chi connectivity index (χ1n) is 13.3. The first-order valence-corrected chi connectivity index (χ1v) is 13.3. The third-order valence-corrected chi connectivity index (χ3v) is 9.51. The molecule has 0 N–H and O–H groups in total. The second-order valence-corrected chi connectivity index (χ2v) is 11.6. The lowest BCUT2D eigenvalue weighted by Crippen LogP contribution is -2.71. The molecule has 204 valence electrons. The van der Waals surface area contributed by atoms with Gasteiger partial charge in [0.25, 0.3) is 0 Å². The van der Waals surface area contributed by atoms with Crippen LogP contribution in [0.1, 0.15) is 75.2 Å². The Hall–Kier alpha value is -2.70. The summed E-state index contributed by atoms with van der Waals surface area (Å²) in [6, 6.07) is 0. The maximum absolute atomic E-state index is 13.5. The van der Waals surface area contributed by atoms with Gasteiger partial charge in [-0.2, -0.15) is 0 Å². The Balaban J connectivity index is 2.12. The third-order valence-electron chi connectivity index (χ3n) is 9.51. The van der Waals surface area contributed by atoms with E-state index in [2.05, 4.69) is 6.92 Å². The van der Waals surface area contributed by atoms with Crippen LogP contribution in [-0.4, -0.2) is 42.5 Å². The van der Waals surface area contributed by atoms with Gasteiger partial charge in [-0.3, -0.25) is 4.79 Å². The van der Waals surface area contributed by atoms with Gasteiger partial charge in [0.1, 0.15) is 24.6 Å². The van der Waals surface area contributed by atoms with Crippen molar-refractivity contribution < 1.29 is 33.4 Å². The van der Waals surface area contributed by atoms with E-state index in [4.69, 9.17) is 14.2 Å². The van der Waals surface area contributed by atoms with Gasteiger partial charge in [-0.1, -0.05) is 39.0 Å². The normalized spacial score (nSPS) is 37.8. The average Bonchev–Trinajstić information content (AvgIpc) is 2.98. The molecule has 0 radical (unpaired) electrons. The number of esters is 3. The number of carbonyl (C=O) groups excluding carboxylic acids is 4. The van der Waals surface area contributed by atoms with Crippen LogP contribution >= 0.6 is 0 Å². The molecule has 0 spiro atoms.